The van der Waals surface area contributed by atoms with Gasteiger partial charge in [-0.05, 0) is 30.3 Å². The zero-order valence-corrected chi connectivity index (χ0v) is 20.3. The molecule has 9 nitrogen and oxygen atoms in total. The Labute approximate surface area is 203 Å². The van der Waals surface area contributed by atoms with Crippen molar-refractivity contribution in [2.45, 2.75) is 23.8 Å². The number of fused-ring (bicyclic) bond motifs is 1. The first-order valence-electron chi connectivity index (χ1n) is 11.0. The molecule has 0 radical (unpaired) electrons. The molecule has 0 aromatic heterocycles. The quantitative estimate of drug-likeness (QED) is 0.571. The monoisotopic (exact) mass is 508 g/mol. The Morgan fingerprint density at radius 3 is 2.47 bits per heavy atom. The van der Waals surface area contributed by atoms with Crippen LogP contribution in [0.25, 0.3) is 0 Å². The molecule has 2 N–H and O–H groups in total. The Bertz CT molecular complexity index is 1230. The van der Waals surface area contributed by atoms with Gasteiger partial charge in [0, 0.05) is 54.9 Å². The summed E-state index contributed by atoms with van der Waals surface area (Å²) >= 11 is 6.08. The minimum absolute atomic E-state index is 0.168. The van der Waals surface area contributed by atoms with E-state index in [9.17, 15) is 23.1 Å². The van der Waals surface area contributed by atoms with Crippen molar-refractivity contribution < 1.29 is 28.2 Å². The van der Waals surface area contributed by atoms with E-state index >= 15 is 0 Å². The van der Waals surface area contributed by atoms with Gasteiger partial charge in [-0.15, -0.1) is 0 Å². The smallest absolute Gasteiger partial charge is 0.333 e. The highest BCUT2D eigenvalue weighted by atomic mass is 35.5. The van der Waals surface area contributed by atoms with Crippen molar-refractivity contribution in [3.05, 3.63) is 53.1 Å². The van der Waals surface area contributed by atoms with E-state index in [2.05, 4.69) is 4.90 Å². The molecule has 2 heterocycles. The number of likely N-dealkylation sites (N-methyl/N-ethyl adjacent to an activating group) is 1. The molecule has 1 amide bonds. The molecular weight excluding hydrogens is 482 g/mol. The van der Waals surface area contributed by atoms with Crippen LogP contribution in [-0.2, 0) is 26.0 Å². The average molecular weight is 509 g/mol. The van der Waals surface area contributed by atoms with Crippen molar-refractivity contribution in [3.8, 4) is 0 Å². The number of amides is 1. The Hall–Kier alpha value is -2.50. The normalized spacial score (nSPS) is 21.8. The lowest BCUT2D eigenvalue weighted by atomic mass is 10.1. The topological polar surface area (TPSA) is 115 Å². The number of hydrogen-bond donors (Lipinski definition) is 2. The first kappa shape index (κ1) is 24.6. The Kier molecular flexibility index (Phi) is 6.71. The summed E-state index contributed by atoms with van der Waals surface area (Å²) in [6.45, 7) is 2.14. The minimum Gasteiger partial charge on any atom is -0.479 e. The second-order valence-corrected chi connectivity index (χ2v) is 11.2. The summed E-state index contributed by atoms with van der Waals surface area (Å²) in [5.41, 5.74) is 2.32. The molecular formula is C23H27ClN3O6S+. The van der Waals surface area contributed by atoms with Gasteiger partial charge < -0.3 is 15.1 Å². The molecule has 0 saturated carbocycles. The Balaban J connectivity index is 1.49. The van der Waals surface area contributed by atoms with Crippen LogP contribution in [-0.4, -0.2) is 80.7 Å². The van der Waals surface area contributed by atoms with Gasteiger partial charge in [0.15, 0.2) is 6.10 Å². The summed E-state index contributed by atoms with van der Waals surface area (Å²) < 4.78 is 27.9. The van der Waals surface area contributed by atoms with Crippen LogP contribution in [0, 0.1) is 0 Å². The predicted octanol–water partition coefficient (Wildman–Crippen LogP) is 1.71. The second kappa shape index (κ2) is 9.27. The van der Waals surface area contributed by atoms with Crippen LogP contribution in [0.5, 0.6) is 0 Å². The van der Waals surface area contributed by atoms with Gasteiger partial charge in [-0.1, -0.05) is 17.7 Å². The number of carboxylic acid groups (broad SMARTS) is 1. The molecule has 2 atom stereocenters. The number of piperazine rings is 1. The number of aliphatic carboxylic acids is 1. The maximum absolute atomic E-state index is 13.3. The van der Waals surface area contributed by atoms with E-state index in [-0.39, 0.29) is 9.38 Å². The van der Waals surface area contributed by atoms with E-state index in [1.807, 2.05) is 18.2 Å². The molecule has 11 heteroatoms. The standard InChI is InChI=1S/C23H26ClN3O6S/c1-27(22(29)15-21(28)23(30)31)12-7-16-13-19(5-6-20(16)27)34(32,33)26-10-8-25(9-11-26)18-4-2-3-17(24)14-18/h2-6,13-14,21,28H,7-12,15H2,1H3/p+1. The lowest BCUT2D eigenvalue weighted by molar-refractivity contribution is -0.150. The van der Waals surface area contributed by atoms with E-state index < -0.39 is 34.4 Å². The van der Waals surface area contributed by atoms with Crippen molar-refractivity contribution in [2.24, 2.45) is 0 Å². The number of sulfonamides is 1. The molecule has 0 aliphatic carbocycles. The van der Waals surface area contributed by atoms with Crippen molar-refractivity contribution >= 4 is 44.9 Å². The third-order valence-electron chi connectivity index (χ3n) is 6.66. The number of carbonyl (C=O) groups excluding carboxylic acids is 1. The summed E-state index contributed by atoms with van der Waals surface area (Å²) in [6.07, 6.45) is -1.80. The average Bonchev–Trinajstić information content (AvgIpc) is 3.16. The molecule has 1 fully saturated rings. The van der Waals surface area contributed by atoms with Gasteiger partial charge >= 0.3 is 11.9 Å². The number of carboxylic acids is 1. The number of benzene rings is 2. The van der Waals surface area contributed by atoms with Crippen LogP contribution in [0.4, 0.5) is 11.4 Å². The number of anilines is 1. The Morgan fingerprint density at radius 1 is 1.12 bits per heavy atom. The number of halogens is 1. The number of nitrogens with zero attached hydrogens (tertiary/aromatic N) is 3. The van der Waals surface area contributed by atoms with Gasteiger partial charge in [-0.3, -0.25) is 0 Å². The SMILES string of the molecule is C[N+]1(C(=O)CC(O)C(=O)O)CCc2cc(S(=O)(=O)N3CCN(c4cccc(Cl)c4)CC3)ccc21. The molecule has 2 aliphatic heterocycles. The van der Waals surface area contributed by atoms with Crippen LogP contribution in [0.3, 0.4) is 0 Å². The van der Waals surface area contributed by atoms with Crippen molar-refractivity contribution in [2.75, 3.05) is 44.7 Å². The summed E-state index contributed by atoms with van der Waals surface area (Å²) in [5.74, 6) is -1.88. The molecule has 182 valence electrons. The predicted molar refractivity (Wildman–Crippen MR) is 128 cm³/mol. The first-order valence-corrected chi connectivity index (χ1v) is 12.8. The molecule has 34 heavy (non-hydrogen) atoms. The van der Waals surface area contributed by atoms with Crippen LogP contribution in [0.1, 0.15) is 12.0 Å². The van der Waals surface area contributed by atoms with E-state index in [4.69, 9.17) is 16.7 Å². The zero-order valence-electron chi connectivity index (χ0n) is 18.7. The van der Waals surface area contributed by atoms with Gasteiger partial charge in [0.05, 0.1) is 18.5 Å². The summed E-state index contributed by atoms with van der Waals surface area (Å²) in [5, 5.41) is 19.1. The largest absolute Gasteiger partial charge is 0.479 e. The molecule has 2 unspecified atom stereocenters. The highest BCUT2D eigenvalue weighted by molar-refractivity contribution is 7.89. The zero-order chi connectivity index (χ0) is 24.7. The fourth-order valence-corrected chi connectivity index (χ4v) is 6.25. The highest BCUT2D eigenvalue weighted by Gasteiger charge is 2.43. The first-order chi connectivity index (χ1) is 16.0. The van der Waals surface area contributed by atoms with E-state index in [1.54, 1.807) is 25.2 Å². The van der Waals surface area contributed by atoms with Gasteiger partial charge in [0.2, 0.25) is 10.0 Å². The number of hydrogen-bond acceptors (Lipinski definition) is 6. The number of quaternary nitrogens is 1. The summed E-state index contributed by atoms with van der Waals surface area (Å²) in [6, 6.07) is 12.2. The molecule has 2 aliphatic rings. The van der Waals surface area contributed by atoms with Crippen molar-refractivity contribution in [3.63, 3.8) is 0 Å². The lowest BCUT2D eigenvalue weighted by Crippen LogP contribution is -2.50. The molecule has 4 rings (SSSR count). The number of rotatable bonds is 6. The summed E-state index contributed by atoms with van der Waals surface area (Å²) in [4.78, 5) is 26.0. The van der Waals surface area contributed by atoms with E-state index in [0.29, 0.717) is 49.9 Å². The lowest BCUT2D eigenvalue weighted by Gasteiger charge is -2.35. The summed E-state index contributed by atoms with van der Waals surface area (Å²) in [7, 11) is -2.06. The molecule has 2 aromatic rings. The maximum atomic E-state index is 13.3. The second-order valence-electron chi connectivity index (χ2n) is 8.78. The molecule has 0 spiro atoms. The van der Waals surface area contributed by atoms with Gasteiger partial charge in [-0.25, -0.2) is 22.5 Å². The number of carbonyl (C=O) groups is 2. The third kappa shape index (κ3) is 4.56. The van der Waals surface area contributed by atoms with Crippen LogP contribution >= 0.6 is 11.6 Å². The molecule has 0 bridgehead atoms. The van der Waals surface area contributed by atoms with Crippen molar-refractivity contribution in [1.82, 2.24) is 8.79 Å². The Morgan fingerprint density at radius 2 is 1.82 bits per heavy atom. The van der Waals surface area contributed by atoms with Crippen LogP contribution in [0.2, 0.25) is 5.02 Å². The fourth-order valence-electron chi connectivity index (χ4n) is 4.59. The maximum Gasteiger partial charge on any atom is 0.333 e. The minimum atomic E-state index is -3.71. The van der Waals surface area contributed by atoms with Gasteiger partial charge in [0.25, 0.3) is 0 Å². The van der Waals surface area contributed by atoms with Crippen LogP contribution < -0.4 is 9.38 Å². The number of aliphatic hydroxyl groups is 1. The van der Waals surface area contributed by atoms with Gasteiger partial charge in [0.1, 0.15) is 12.1 Å². The van der Waals surface area contributed by atoms with Crippen LogP contribution in [0.15, 0.2) is 47.4 Å². The van der Waals surface area contributed by atoms with Crippen molar-refractivity contribution in [1.29, 1.82) is 0 Å². The third-order valence-corrected chi connectivity index (χ3v) is 8.79. The molecule has 2 aromatic carbocycles. The molecule has 1 saturated heterocycles. The van der Waals surface area contributed by atoms with E-state index in [0.717, 1.165) is 11.3 Å². The highest BCUT2D eigenvalue weighted by Crippen LogP contribution is 2.36. The fraction of sp³-hybridized carbons (Fsp3) is 0.391. The number of aliphatic hydroxyl groups excluding tert-OH is 1. The van der Waals surface area contributed by atoms with Gasteiger partial charge in [-0.2, -0.15) is 4.31 Å². The van der Waals surface area contributed by atoms with E-state index in [1.165, 1.54) is 10.4 Å².